The minimum atomic E-state index is -0.718. The van der Waals surface area contributed by atoms with E-state index in [9.17, 15) is 19.7 Å². The summed E-state index contributed by atoms with van der Waals surface area (Å²) in [6.07, 6.45) is 4.14. The summed E-state index contributed by atoms with van der Waals surface area (Å²) in [5.41, 5.74) is 0.506. The maximum absolute atomic E-state index is 12.4. The zero-order valence-electron chi connectivity index (χ0n) is 17.1. The molecule has 0 aromatic heterocycles. The Bertz CT molecular complexity index is 782. The summed E-state index contributed by atoms with van der Waals surface area (Å²) >= 11 is 0. The van der Waals surface area contributed by atoms with Crippen LogP contribution >= 0.6 is 0 Å². The van der Waals surface area contributed by atoms with Crippen LogP contribution in [0, 0.1) is 22.0 Å². The van der Waals surface area contributed by atoms with Crippen LogP contribution in [0.4, 0.5) is 11.4 Å². The summed E-state index contributed by atoms with van der Waals surface area (Å²) < 4.78 is 5.15. The number of hydrogen-bond acceptors (Lipinski definition) is 6. The van der Waals surface area contributed by atoms with Crippen molar-refractivity contribution in [3.8, 4) is 0 Å². The summed E-state index contributed by atoms with van der Waals surface area (Å²) in [5, 5.41) is 11.6. The standard InChI is InChI=1S/C21H29N3O5/c1-15-5-3-9-22(12-15)18-8-7-17(11-19(18)24(27)28)21(26)29-14-20(25)23-10-4-6-16(2)13-23/h7-8,11,15-16H,3-6,9-10,12-14H2,1-2H3/t15-,16+/m1/s1. The lowest BCUT2D eigenvalue weighted by Crippen LogP contribution is -2.41. The average Bonchev–Trinajstić information content (AvgIpc) is 2.71. The quantitative estimate of drug-likeness (QED) is 0.426. The summed E-state index contributed by atoms with van der Waals surface area (Å²) in [6.45, 7) is 6.74. The molecule has 2 aliphatic heterocycles. The molecule has 2 aliphatic rings. The molecule has 2 saturated heterocycles. The normalized spacial score (nSPS) is 22.3. The van der Waals surface area contributed by atoms with Gasteiger partial charge in [-0.3, -0.25) is 14.9 Å². The molecule has 0 saturated carbocycles. The molecule has 1 aromatic rings. The topological polar surface area (TPSA) is 93.0 Å². The second kappa shape index (κ2) is 9.24. The fourth-order valence-corrected chi connectivity index (χ4v) is 4.19. The van der Waals surface area contributed by atoms with Crippen LogP contribution in [0.3, 0.4) is 0 Å². The van der Waals surface area contributed by atoms with E-state index in [0.29, 0.717) is 30.6 Å². The highest BCUT2D eigenvalue weighted by Gasteiger charge is 2.26. The number of carbonyl (C=O) groups is 2. The van der Waals surface area contributed by atoms with Crippen LogP contribution in [0.2, 0.25) is 0 Å². The molecule has 0 bridgehead atoms. The first-order valence-corrected chi connectivity index (χ1v) is 10.3. The van der Waals surface area contributed by atoms with Gasteiger partial charge in [0.05, 0.1) is 10.5 Å². The van der Waals surface area contributed by atoms with Gasteiger partial charge in [0, 0.05) is 32.2 Å². The Balaban J connectivity index is 1.66. The molecule has 2 atom stereocenters. The highest BCUT2D eigenvalue weighted by Crippen LogP contribution is 2.32. The first kappa shape index (κ1) is 21.1. The molecule has 29 heavy (non-hydrogen) atoms. The average molecular weight is 403 g/mol. The molecule has 0 aliphatic carbocycles. The number of nitro groups is 1. The molecule has 2 heterocycles. The summed E-state index contributed by atoms with van der Waals surface area (Å²) in [4.78, 5) is 39.5. The van der Waals surface area contributed by atoms with Gasteiger partial charge in [-0.15, -0.1) is 0 Å². The molecule has 0 radical (unpaired) electrons. The van der Waals surface area contributed by atoms with Gasteiger partial charge in [-0.2, -0.15) is 0 Å². The number of nitro benzene ring substituents is 1. The predicted molar refractivity (Wildman–Crippen MR) is 109 cm³/mol. The zero-order valence-corrected chi connectivity index (χ0v) is 17.1. The van der Waals surface area contributed by atoms with Crippen molar-refractivity contribution in [3.63, 3.8) is 0 Å². The lowest BCUT2D eigenvalue weighted by molar-refractivity contribution is -0.384. The van der Waals surface area contributed by atoms with E-state index in [1.807, 2.05) is 4.90 Å². The van der Waals surface area contributed by atoms with Gasteiger partial charge in [-0.05, 0) is 49.7 Å². The van der Waals surface area contributed by atoms with E-state index in [1.165, 1.54) is 12.1 Å². The van der Waals surface area contributed by atoms with E-state index < -0.39 is 10.9 Å². The molecule has 0 unspecified atom stereocenters. The van der Waals surface area contributed by atoms with Crippen molar-refractivity contribution in [3.05, 3.63) is 33.9 Å². The predicted octanol–water partition coefficient (Wildman–Crippen LogP) is 3.25. The lowest BCUT2D eigenvalue weighted by Gasteiger charge is -2.32. The maximum atomic E-state index is 12.4. The molecule has 8 nitrogen and oxygen atoms in total. The monoisotopic (exact) mass is 403 g/mol. The first-order chi connectivity index (χ1) is 13.8. The van der Waals surface area contributed by atoms with Gasteiger partial charge < -0.3 is 14.5 Å². The molecule has 1 aromatic carbocycles. The Labute approximate surface area is 171 Å². The van der Waals surface area contributed by atoms with Crippen molar-refractivity contribution >= 4 is 23.3 Å². The van der Waals surface area contributed by atoms with Crippen LogP contribution in [-0.2, 0) is 9.53 Å². The van der Waals surface area contributed by atoms with Crippen LogP contribution in [0.5, 0.6) is 0 Å². The second-order valence-electron chi connectivity index (χ2n) is 8.32. The van der Waals surface area contributed by atoms with Gasteiger partial charge in [0.2, 0.25) is 0 Å². The number of benzene rings is 1. The second-order valence-corrected chi connectivity index (χ2v) is 8.32. The first-order valence-electron chi connectivity index (χ1n) is 10.3. The number of nitrogens with zero attached hydrogens (tertiary/aromatic N) is 3. The van der Waals surface area contributed by atoms with E-state index in [0.717, 1.165) is 38.8 Å². The highest BCUT2D eigenvalue weighted by molar-refractivity contribution is 5.93. The largest absolute Gasteiger partial charge is 0.452 e. The number of esters is 1. The van der Waals surface area contributed by atoms with Gasteiger partial charge in [0.15, 0.2) is 6.61 Å². The number of ether oxygens (including phenoxy) is 1. The minimum absolute atomic E-state index is 0.0883. The molecular formula is C21H29N3O5. The molecule has 2 fully saturated rings. The van der Waals surface area contributed by atoms with Gasteiger partial charge in [-0.1, -0.05) is 13.8 Å². The molecule has 158 valence electrons. The van der Waals surface area contributed by atoms with Crippen LogP contribution in [0.25, 0.3) is 0 Å². The third-order valence-electron chi connectivity index (χ3n) is 5.74. The van der Waals surface area contributed by atoms with Crippen molar-refractivity contribution in [1.82, 2.24) is 4.90 Å². The zero-order chi connectivity index (χ0) is 21.0. The minimum Gasteiger partial charge on any atom is -0.452 e. The Morgan fingerprint density at radius 1 is 1.14 bits per heavy atom. The number of piperidine rings is 2. The summed E-state index contributed by atoms with van der Waals surface area (Å²) in [7, 11) is 0. The smallest absolute Gasteiger partial charge is 0.338 e. The number of amides is 1. The summed E-state index contributed by atoms with van der Waals surface area (Å²) in [6, 6.07) is 4.41. The van der Waals surface area contributed by atoms with Gasteiger partial charge in [0.1, 0.15) is 5.69 Å². The van der Waals surface area contributed by atoms with Gasteiger partial charge in [0.25, 0.3) is 11.6 Å². The van der Waals surface area contributed by atoms with E-state index in [1.54, 1.807) is 11.0 Å². The highest BCUT2D eigenvalue weighted by atomic mass is 16.6. The SMILES string of the molecule is C[C@@H]1CCCN(c2ccc(C(=O)OCC(=O)N3CCC[C@H](C)C3)cc2[N+](=O)[O-])C1. The fraction of sp³-hybridized carbons (Fsp3) is 0.619. The third-order valence-corrected chi connectivity index (χ3v) is 5.74. The van der Waals surface area contributed by atoms with E-state index in [2.05, 4.69) is 13.8 Å². The van der Waals surface area contributed by atoms with Crippen LogP contribution < -0.4 is 4.90 Å². The molecule has 3 rings (SSSR count). The number of carbonyl (C=O) groups excluding carboxylic acids is 2. The van der Waals surface area contributed by atoms with E-state index in [-0.39, 0.29) is 23.8 Å². The van der Waals surface area contributed by atoms with Crippen LogP contribution in [0.15, 0.2) is 18.2 Å². The lowest BCUT2D eigenvalue weighted by atomic mass is 9.99. The molecule has 8 heteroatoms. The molecule has 0 N–H and O–H groups in total. The van der Waals surface area contributed by atoms with Gasteiger partial charge in [-0.25, -0.2) is 4.79 Å². The van der Waals surface area contributed by atoms with Crippen molar-refractivity contribution in [1.29, 1.82) is 0 Å². The molecular weight excluding hydrogens is 374 g/mol. The van der Waals surface area contributed by atoms with Crippen molar-refractivity contribution in [2.24, 2.45) is 11.8 Å². The Morgan fingerprint density at radius 3 is 2.48 bits per heavy atom. The molecule has 1 amide bonds. The number of rotatable bonds is 5. The molecule has 0 spiro atoms. The Hall–Kier alpha value is -2.64. The van der Waals surface area contributed by atoms with E-state index >= 15 is 0 Å². The number of likely N-dealkylation sites (tertiary alicyclic amines) is 1. The third kappa shape index (κ3) is 5.25. The van der Waals surface area contributed by atoms with Crippen LogP contribution in [0.1, 0.15) is 49.9 Å². The summed E-state index contributed by atoms with van der Waals surface area (Å²) in [5.74, 6) is -0.0315. The fourth-order valence-electron chi connectivity index (χ4n) is 4.19. The van der Waals surface area contributed by atoms with Crippen molar-refractivity contribution in [2.45, 2.75) is 39.5 Å². The van der Waals surface area contributed by atoms with E-state index in [4.69, 9.17) is 4.74 Å². The van der Waals surface area contributed by atoms with Gasteiger partial charge >= 0.3 is 5.97 Å². The van der Waals surface area contributed by atoms with Crippen LogP contribution in [-0.4, -0.2) is 54.5 Å². The Morgan fingerprint density at radius 2 is 1.83 bits per heavy atom. The van der Waals surface area contributed by atoms with Crippen molar-refractivity contribution in [2.75, 3.05) is 37.7 Å². The Kier molecular flexibility index (Phi) is 6.71. The number of anilines is 1. The maximum Gasteiger partial charge on any atom is 0.338 e. The number of hydrogen-bond donors (Lipinski definition) is 0. The van der Waals surface area contributed by atoms with Crippen molar-refractivity contribution < 1.29 is 19.2 Å².